The molecule has 5 heteroatoms. The van der Waals surface area contributed by atoms with Gasteiger partial charge in [-0.05, 0) is 18.6 Å². The van der Waals surface area contributed by atoms with E-state index in [0.717, 1.165) is 32.6 Å². The lowest BCUT2D eigenvalue weighted by atomic mass is 10.1. The molecule has 0 N–H and O–H groups in total. The summed E-state index contributed by atoms with van der Waals surface area (Å²) in [4.78, 5) is 24.3. The maximum absolute atomic E-state index is 13.2. The summed E-state index contributed by atoms with van der Waals surface area (Å²) in [5, 5.41) is 1.46. The van der Waals surface area contributed by atoms with Gasteiger partial charge >= 0.3 is 0 Å². The van der Waals surface area contributed by atoms with Gasteiger partial charge in [-0.15, -0.1) is 11.3 Å². The second-order valence-corrected chi connectivity index (χ2v) is 7.13. The van der Waals surface area contributed by atoms with Crippen LogP contribution in [0.25, 0.3) is 38.0 Å². The fourth-order valence-electron chi connectivity index (χ4n) is 3.29. The molecule has 0 fully saturated rings. The van der Waals surface area contributed by atoms with Crippen molar-refractivity contribution in [3.05, 3.63) is 76.0 Å². The van der Waals surface area contributed by atoms with E-state index in [1.165, 1.54) is 0 Å². The van der Waals surface area contributed by atoms with Crippen molar-refractivity contribution in [2.24, 2.45) is 0 Å². The molecule has 3 aromatic heterocycles. The number of benzene rings is 2. The average molecular weight is 343 g/mol. The Morgan fingerprint density at radius 2 is 1.72 bits per heavy atom. The van der Waals surface area contributed by atoms with Crippen molar-refractivity contribution < 1.29 is 0 Å². The SMILES string of the molecule is Cc1sc2nc3c(cnc4ccccc43)c(=O)n2c1-c1ccccc1. The predicted octanol–water partition coefficient (Wildman–Crippen LogP) is 4.43. The third kappa shape index (κ3) is 2.03. The molecule has 0 aliphatic carbocycles. The van der Waals surface area contributed by atoms with Gasteiger partial charge in [0.05, 0.1) is 22.1 Å². The molecule has 0 radical (unpaired) electrons. The van der Waals surface area contributed by atoms with Gasteiger partial charge in [0.25, 0.3) is 5.56 Å². The molecule has 0 saturated heterocycles. The number of hydrogen-bond donors (Lipinski definition) is 0. The summed E-state index contributed by atoms with van der Waals surface area (Å²) < 4.78 is 1.72. The summed E-state index contributed by atoms with van der Waals surface area (Å²) >= 11 is 1.54. The van der Waals surface area contributed by atoms with E-state index in [1.54, 1.807) is 21.9 Å². The van der Waals surface area contributed by atoms with Gasteiger partial charge in [0.1, 0.15) is 0 Å². The van der Waals surface area contributed by atoms with Crippen molar-refractivity contribution >= 4 is 38.1 Å². The topological polar surface area (TPSA) is 47.3 Å². The van der Waals surface area contributed by atoms with Gasteiger partial charge in [0.2, 0.25) is 0 Å². The highest BCUT2D eigenvalue weighted by molar-refractivity contribution is 7.17. The summed E-state index contributed by atoms with van der Waals surface area (Å²) in [6.45, 7) is 2.03. The molecule has 3 heterocycles. The Balaban J connectivity index is 1.98. The van der Waals surface area contributed by atoms with E-state index in [9.17, 15) is 4.79 Å². The standard InChI is InChI=1S/C20H13N3OS/c1-12-18(13-7-3-2-4-8-13)23-19(24)15-11-21-16-10-6-5-9-14(16)17(15)22-20(23)25-12/h2-11H,1H3. The molecule has 0 unspecified atom stereocenters. The van der Waals surface area contributed by atoms with Crippen LogP contribution in [0.3, 0.4) is 0 Å². The third-order valence-corrected chi connectivity index (χ3v) is 5.38. The van der Waals surface area contributed by atoms with E-state index >= 15 is 0 Å². The van der Waals surface area contributed by atoms with Crippen molar-refractivity contribution in [3.8, 4) is 11.3 Å². The number of para-hydroxylation sites is 1. The first-order valence-electron chi connectivity index (χ1n) is 7.99. The van der Waals surface area contributed by atoms with Crippen LogP contribution in [0.15, 0.2) is 65.6 Å². The number of thiazole rings is 1. The molecule has 120 valence electrons. The van der Waals surface area contributed by atoms with Crippen molar-refractivity contribution in [3.63, 3.8) is 0 Å². The molecule has 2 aromatic carbocycles. The minimum atomic E-state index is -0.0681. The third-order valence-electron chi connectivity index (χ3n) is 4.43. The van der Waals surface area contributed by atoms with E-state index in [1.807, 2.05) is 61.5 Å². The summed E-state index contributed by atoms with van der Waals surface area (Å²) in [5.41, 5.74) is 3.43. The van der Waals surface area contributed by atoms with Crippen molar-refractivity contribution in [2.75, 3.05) is 0 Å². The molecule has 0 spiro atoms. The summed E-state index contributed by atoms with van der Waals surface area (Å²) in [6, 6.07) is 17.8. The highest BCUT2D eigenvalue weighted by Crippen LogP contribution is 2.31. The van der Waals surface area contributed by atoms with Crippen LogP contribution in [0.5, 0.6) is 0 Å². The minimum absolute atomic E-state index is 0.0681. The smallest absolute Gasteiger partial charge is 0.268 e. The fourth-order valence-corrected chi connectivity index (χ4v) is 4.28. The second-order valence-electron chi connectivity index (χ2n) is 5.95. The number of pyridine rings is 1. The van der Waals surface area contributed by atoms with Crippen molar-refractivity contribution in [1.29, 1.82) is 0 Å². The van der Waals surface area contributed by atoms with E-state index in [0.29, 0.717) is 10.3 Å². The minimum Gasteiger partial charge on any atom is -0.268 e. The zero-order chi connectivity index (χ0) is 17.0. The molecule has 0 atom stereocenters. The Hall–Kier alpha value is -3.05. The first kappa shape index (κ1) is 14.3. The molecule has 4 nitrogen and oxygen atoms in total. The first-order chi connectivity index (χ1) is 12.2. The van der Waals surface area contributed by atoms with Crippen LogP contribution in [0, 0.1) is 6.92 Å². The summed E-state index contributed by atoms with van der Waals surface area (Å²) in [5.74, 6) is 0. The van der Waals surface area contributed by atoms with Gasteiger partial charge in [0, 0.05) is 16.5 Å². The van der Waals surface area contributed by atoms with E-state index < -0.39 is 0 Å². The summed E-state index contributed by atoms with van der Waals surface area (Å²) in [7, 11) is 0. The van der Waals surface area contributed by atoms with Gasteiger partial charge in [0.15, 0.2) is 4.96 Å². The van der Waals surface area contributed by atoms with Gasteiger partial charge in [-0.2, -0.15) is 0 Å². The normalized spacial score (nSPS) is 11.6. The number of rotatable bonds is 1. The number of aryl methyl sites for hydroxylation is 1. The maximum Gasteiger partial charge on any atom is 0.268 e. The summed E-state index contributed by atoms with van der Waals surface area (Å²) in [6.07, 6.45) is 1.64. The number of nitrogens with zero attached hydrogens (tertiary/aromatic N) is 3. The zero-order valence-corrected chi connectivity index (χ0v) is 14.2. The Bertz CT molecular complexity index is 1320. The number of fused-ring (bicyclic) bond motifs is 4. The average Bonchev–Trinajstić information content (AvgIpc) is 2.98. The highest BCUT2D eigenvalue weighted by Gasteiger charge is 2.17. The molecule has 0 amide bonds. The second kappa shape index (κ2) is 5.22. The van der Waals surface area contributed by atoms with Gasteiger partial charge in [-0.25, -0.2) is 4.98 Å². The fraction of sp³-hybridized carbons (Fsp3) is 0.0500. The largest absolute Gasteiger partial charge is 0.268 e. The van der Waals surface area contributed by atoms with E-state index in [2.05, 4.69) is 4.98 Å². The van der Waals surface area contributed by atoms with E-state index in [-0.39, 0.29) is 5.56 Å². The lowest BCUT2D eigenvalue weighted by Crippen LogP contribution is -2.15. The highest BCUT2D eigenvalue weighted by atomic mass is 32.1. The zero-order valence-electron chi connectivity index (χ0n) is 13.4. The van der Waals surface area contributed by atoms with Crippen LogP contribution in [-0.4, -0.2) is 14.4 Å². The van der Waals surface area contributed by atoms with Crippen molar-refractivity contribution in [2.45, 2.75) is 6.92 Å². The monoisotopic (exact) mass is 343 g/mol. The van der Waals surface area contributed by atoms with Crippen LogP contribution in [0.4, 0.5) is 0 Å². The Labute approximate surface area is 147 Å². The maximum atomic E-state index is 13.2. The first-order valence-corrected chi connectivity index (χ1v) is 8.81. The molecule has 0 aliphatic heterocycles. The molecule has 0 aliphatic rings. The Kier molecular flexibility index (Phi) is 2.99. The lowest BCUT2D eigenvalue weighted by Gasteiger charge is -2.06. The lowest BCUT2D eigenvalue weighted by molar-refractivity contribution is 1.11. The predicted molar refractivity (Wildman–Crippen MR) is 102 cm³/mol. The molecule has 5 rings (SSSR count). The Morgan fingerprint density at radius 1 is 0.960 bits per heavy atom. The van der Waals surface area contributed by atoms with Crippen LogP contribution >= 0.6 is 11.3 Å². The number of aromatic nitrogens is 3. The molecule has 0 bridgehead atoms. The number of hydrogen-bond acceptors (Lipinski definition) is 4. The quantitative estimate of drug-likeness (QED) is 0.423. The molecular weight excluding hydrogens is 330 g/mol. The molecule has 25 heavy (non-hydrogen) atoms. The van der Waals surface area contributed by atoms with Gasteiger partial charge in [-0.1, -0.05) is 48.5 Å². The van der Waals surface area contributed by atoms with E-state index in [4.69, 9.17) is 4.98 Å². The van der Waals surface area contributed by atoms with Crippen LogP contribution in [0.2, 0.25) is 0 Å². The molecule has 5 aromatic rings. The van der Waals surface area contributed by atoms with Crippen LogP contribution in [0.1, 0.15) is 4.88 Å². The van der Waals surface area contributed by atoms with Gasteiger partial charge in [-0.3, -0.25) is 14.2 Å². The van der Waals surface area contributed by atoms with Crippen LogP contribution < -0.4 is 5.56 Å². The van der Waals surface area contributed by atoms with Gasteiger partial charge < -0.3 is 0 Å². The Morgan fingerprint density at radius 3 is 2.56 bits per heavy atom. The molecular formula is C20H13N3OS. The van der Waals surface area contributed by atoms with Crippen LogP contribution in [-0.2, 0) is 0 Å². The van der Waals surface area contributed by atoms with Crippen molar-refractivity contribution in [1.82, 2.24) is 14.4 Å². The molecule has 0 saturated carbocycles.